The Kier molecular flexibility index (Phi) is 5.24. The van der Waals surface area contributed by atoms with Gasteiger partial charge in [-0.15, -0.1) is 0 Å². The van der Waals surface area contributed by atoms with E-state index < -0.39 is 10.0 Å². The molecule has 2 aliphatic heterocycles. The second kappa shape index (κ2) is 7.90. The van der Waals surface area contributed by atoms with Gasteiger partial charge in [-0.3, -0.25) is 0 Å². The molecule has 0 bridgehead atoms. The minimum absolute atomic E-state index is 0.269. The number of anilines is 1. The maximum Gasteiger partial charge on any atom is 0.244 e. The Morgan fingerprint density at radius 2 is 1.70 bits per heavy atom. The number of likely N-dealkylation sites (N-methyl/N-ethyl adjacent to an activating group) is 1. The minimum Gasteiger partial charge on any atom is -0.357 e. The molecule has 0 atom stereocenters. The first-order chi connectivity index (χ1) is 14.5. The third-order valence-corrected chi connectivity index (χ3v) is 8.27. The first kappa shape index (κ1) is 19.9. The fraction of sp³-hybridized carbons (Fsp3) is 0.650. The molecule has 162 valence electrons. The molecular weight excluding hydrogens is 404 g/mol. The molecule has 4 heterocycles. The molecule has 3 fully saturated rings. The van der Waals surface area contributed by atoms with E-state index in [1.807, 2.05) is 13.1 Å². The molecule has 0 radical (unpaired) electrons. The van der Waals surface area contributed by atoms with Gasteiger partial charge >= 0.3 is 0 Å². The molecule has 2 aromatic rings. The molecule has 1 aliphatic carbocycles. The quantitative estimate of drug-likeness (QED) is 0.704. The van der Waals surface area contributed by atoms with Gasteiger partial charge in [-0.1, -0.05) is 5.16 Å². The molecule has 0 aromatic carbocycles. The number of pyridine rings is 1. The van der Waals surface area contributed by atoms with Crippen molar-refractivity contribution in [3.05, 3.63) is 30.0 Å². The van der Waals surface area contributed by atoms with Crippen molar-refractivity contribution in [3.63, 3.8) is 0 Å². The predicted octanol–water partition coefficient (Wildman–Crippen LogP) is 1.66. The standard InChI is InChI=1S/C20H28N6O3S/c1-24-10-12-26(13-11-24)30(27,28)17-4-5-18(21-14-17)25-8-6-15(7-9-25)19-22-20(29-23-19)16-2-3-16/h4-5,14-16H,2-3,6-13H2,1H3. The second-order valence-electron chi connectivity index (χ2n) is 8.59. The summed E-state index contributed by atoms with van der Waals surface area (Å²) in [6.45, 7) is 4.23. The lowest BCUT2D eigenvalue weighted by molar-refractivity contribution is 0.222. The Bertz CT molecular complexity index is 972. The van der Waals surface area contributed by atoms with Crippen LogP contribution in [0.3, 0.4) is 0 Å². The minimum atomic E-state index is -3.48. The molecule has 30 heavy (non-hydrogen) atoms. The van der Waals surface area contributed by atoms with E-state index in [0.717, 1.165) is 69.4 Å². The molecule has 2 saturated heterocycles. The molecule has 0 spiro atoms. The van der Waals surface area contributed by atoms with Gasteiger partial charge in [-0.05, 0) is 44.9 Å². The van der Waals surface area contributed by atoms with Crippen LogP contribution >= 0.6 is 0 Å². The highest BCUT2D eigenvalue weighted by atomic mass is 32.2. The molecule has 0 unspecified atom stereocenters. The first-order valence-electron chi connectivity index (χ1n) is 10.7. The van der Waals surface area contributed by atoms with Crippen LogP contribution in [0.15, 0.2) is 27.7 Å². The smallest absolute Gasteiger partial charge is 0.244 e. The van der Waals surface area contributed by atoms with Crippen LogP contribution in [0, 0.1) is 0 Å². The summed E-state index contributed by atoms with van der Waals surface area (Å²) in [5, 5.41) is 4.19. The van der Waals surface area contributed by atoms with Gasteiger partial charge in [-0.25, -0.2) is 13.4 Å². The van der Waals surface area contributed by atoms with Gasteiger partial charge in [0.15, 0.2) is 5.82 Å². The number of hydrogen-bond acceptors (Lipinski definition) is 8. The van der Waals surface area contributed by atoms with Gasteiger partial charge in [0, 0.05) is 57.3 Å². The van der Waals surface area contributed by atoms with Gasteiger partial charge in [-0.2, -0.15) is 9.29 Å². The fourth-order valence-corrected chi connectivity index (χ4v) is 5.53. The van der Waals surface area contributed by atoms with Crippen LogP contribution in [0.2, 0.25) is 0 Å². The summed E-state index contributed by atoms with van der Waals surface area (Å²) in [5.74, 6) is 3.24. The molecule has 9 nitrogen and oxygen atoms in total. The predicted molar refractivity (Wildman–Crippen MR) is 111 cm³/mol. The summed E-state index contributed by atoms with van der Waals surface area (Å²) >= 11 is 0. The largest absolute Gasteiger partial charge is 0.357 e. The lowest BCUT2D eigenvalue weighted by atomic mass is 9.96. The van der Waals surface area contributed by atoms with Crippen molar-refractivity contribution in [1.82, 2.24) is 24.3 Å². The molecule has 2 aromatic heterocycles. The van der Waals surface area contributed by atoms with E-state index in [9.17, 15) is 8.42 Å². The van der Waals surface area contributed by atoms with Crippen molar-refractivity contribution in [3.8, 4) is 0 Å². The Morgan fingerprint density at radius 1 is 0.967 bits per heavy atom. The van der Waals surface area contributed by atoms with Crippen molar-refractivity contribution in [2.24, 2.45) is 0 Å². The van der Waals surface area contributed by atoms with Crippen molar-refractivity contribution in [2.45, 2.75) is 42.4 Å². The van der Waals surface area contributed by atoms with E-state index in [1.165, 1.54) is 6.20 Å². The summed E-state index contributed by atoms with van der Waals surface area (Å²) in [7, 11) is -1.47. The van der Waals surface area contributed by atoms with Crippen LogP contribution in [-0.2, 0) is 10.0 Å². The SMILES string of the molecule is CN1CCN(S(=O)(=O)c2ccc(N3CCC(c4noc(C5CC5)n4)CC3)nc2)CC1. The summed E-state index contributed by atoms with van der Waals surface area (Å²) in [6, 6.07) is 3.51. The van der Waals surface area contributed by atoms with E-state index in [4.69, 9.17) is 4.52 Å². The maximum atomic E-state index is 12.9. The molecule has 10 heteroatoms. The third-order valence-electron chi connectivity index (χ3n) is 6.39. The Hall–Kier alpha value is -2.04. The highest BCUT2D eigenvalue weighted by molar-refractivity contribution is 7.89. The van der Waals surface area contributed by atoms with E-state index in [1.54, 1.807) is 10.4 Å². The highest BCUT2D eigenvalue weighted by Crippen LogP contribution is 2.40. The summed E-state index contributed by atoms with van der Waals surface area (Å²) in [5.41, 5.74) is 0. The average Bonchev–Trinajstić information content (AvgIpc) is 3.51. The Balaban J connectivity index is 1.21. The van der Waals surface area contributed by atoms with E-state index in [-0.39, 0.29) is 4.90 Å². The van der Waals surface area contributed by atoms with Crippen LogP contribution in [0.4, 0.5) is 5.82 Å². The fourth-order valence-electron chi connectivity index (χ4n) is 4.17. The van der Waals surface area contributed by atoms with E-state index in [0.29, 0.717) is 24.9 Å². The van der Waals surface area contributed by atoms with E-state index in [2.05, 4.69) is 24.9 Å². The number of rotatable bonds is 5. The molecule has 0 N–H and O–H groups in total. The zero-order chi connectivity index (χ0) is 20.7. The molecular formula is C20H28N6O3S. The van der Waals surface area contributed by atoms with Crippen molar-refractivity contribution < 1.29 is 12.9 Å². The third kappa shape index (κ3) is 3.95. The molecule has 5 rings (SSSR count). The Labute approximate surface area is 177 Å². The summed E-state index contributed by atoms with van der Waals surface area (Å²) in [4.78, 5) is 13.7. The van der Waals surface area contributed by atoms with Gasteiger partial charge < -0.3 is 14.3 Å². The Morgan fingerprint density at radius 3 is 2.33 bits per heavy atom. The highest BCUT2D eigenvalue weighted by Gasteiger charge is 2.32. The zero-order valence-electron chi connectivity index (χ0n) is 17.3. The van der Waals surface area contributed by atoms with Crippen LogP contribution in [0.5, 0.6) is 0 Å². The molecule has 3 aliphatic rings. The van der Waals surface area contributed by atoms with Crippen molar-refractivity contribution in [2.75, 3.05) is 51.2 Å². The van der Waals surface area contributed by atoms with Gasteiger partial charge in [0.05, 0.1) is 0 Å². The average molecular weight is 433 g/mol. The van der Waals surface area contributed by atoms with Gasteiger partial charge in [0.2, 0.25) is 15.9 Å². The monoisotopic (exact) mass is 432 g/mol. The number of nitrogens with zero attached hydrogens (tertiary/aromatic N) is 6. The number of hydrogen-bond donors (Lipinski definition) is 0. The summed E-state index contributed by atoms with van der Waals surface area (Å²) < 4.78 is 32.7. The zero-order valence-corrected chi connectivity index (χ0v) is 18.1. The van der Waals surface area contributed by atoms with Gasteiger partial charge in [0.25, 0.3) is 0 Å². The number of sulfonamides is 1. The maximum absolute atomic E-state index is 12.9. The normalized spacial score (nSPS) is 22.5. The second-order valence-corrected chi connectivity index (χ2v) is 10.5. The van der Waals surface area contributed by atoms with Gasteiger partial charge in [0.1, 0.15) is 10.7 Å². The molecule has 1 saturated carbocycles. The van der Waals surface area contributed by atoms with Crippen LogP contribution in [0.1, 0.15) is 49.2 Å². The van der Waals surface area contributed by atoms with Crippen LogP contribution in [0.25, 0.3) is 0 Å². The van der Waals surface area contributed by atoms with Crippen molar-refractivity contribution >= 4 is 15.8 Å². The van der Waals surface area contributed by atoms with Crippen molar-refractivity contribution in [1.29, 1.82) is 0 Å². The van der Waals surface area contributed by atoms with E-state index >= 15 is 0 Å². The topological polar surface area (TPSA) is 95.7 Å². The first-order valence-corrected chi connectivity index (χ1v) is 12.2. The van der Waals surface area contributed by atoms with Crippen LogP contribution in [-0.4, -0.2) is 79.1 Å². The van der Waals surface area contributed by atoms with Crippen LogP contribution < -0.4 is 4.90 Å². The lowest BCUT2D eigenvalue weighted by Gasteiger charge is -2.32. The number of piperazine rings is 1. The molecule has 0 amide bonds. The lowest BCUT2D eigenvalue weighted by Crippen LogP contribution is -2.47. The summed E-state index contributed by atoms with van der Waals surface area (Å²) in [6.07, 6.45) is 5.69. The number of aromatic nitrogens is 3. The number of piperidine rings is 1.